The van der Waals surface area contributed by atoms with Crippen LogP contribution in [0.5, 0.6) is 0 Å². The first-order valence-electron chi connectivity index (χ1n) is 4.59. The standard InChI is InChI=1S/C10H10BBrF3O/c1-8(11(13,14)15)6-16-7-9-2-4-10(12)5-3-9/h2-5H,1,6-7H2/q-1. The highest BCUT2D eigenvalue weighted by Gasteiger charge is 2.26. The summed E-state index contributed by atoms with van der Waals surface area (Å²) in [5.41, 5.74) is 0.0165. The molecule has 1 nitrogen and oxygen atoms in total. The zero-order valence-electron chi connectivity index (χ0n) is 8.43. The SMILES string of the molecule is C=C(COCc1ccc(Br)cc1)[B-](F)(F)F. The van der Waals surface area contributed by atoms with E-state index in [-0.39, 0.29) is 6.61 Å². The molecular formula is C10H10BBrF3O-. The van der Waals surface area contributed by atoms with Gasteiger partial charge in [0.15, 0.2) is 0 Å². The minimum Gasteiger partial charge on any atom is -0.445 e. The molecule has 0 bridgehead atoms. The van der Waals surface area contributed by atoms with E-state index in [0.717, 1.165) is 10.0 Å². The summed E-state index contributed by atoms with van der Waals surface area (Å²) in [5.74, 6) is 0. The molecule has 0 aliphatic carbocycles. The predicted octanol–water partition coefficient (Wildman–Crippen LogP) is 3.91. The van der Waals surface area contributed by atoms with Crippen LogP contribution in [0.25, 0.3) is 0 Å². The van der Waals surface area contributed by atoms with Gasteiger partial charge in [0.2, 0.25) is 0 Å². The Morgan fingerprint density at radius 3 is 2.31 bits per heavy atom. The molecule has 88 valence electrons. The van der Waals surface area contributed by atoms with Gasteiger partial charge in [-0.25, -0.2) is 0 Å². The molecule has 1 aromatic carbocycles. The molecule has 0 aliphatic rings. The Kier molecular flexibility index (Phi) is 4.62. The highest BCUT2D eigenvalue weighted by molar-refractivity contribution is 9.10. The Bertz CT molecular complexity index is 361. The van der Waals surface area contributed by atoms with E-state index in [0.29, 0.717) is 0 Å². The molecule has 0 fully saturated rings. The van der Waals surface area contributed by atoms with Gasteiger partial charge in [-0.2, -0.15) is 0 Å². The number of benzene rings is 1. The zero-order valence-corrected chi connectivity index (χ0v) is 10.0. The molecule has 0 saturated heterocycles. The molecule has 0 radical (unpaired) electrons. The van der Waals surface area contributed by atoms with Crippen molar-refractivity contribution >= 4 is 22.9 Å². The second-order valence-corrected chi connectivity index (χ2v) is 4.27. The summed E-state index contributed by atoms with van der Waals surface area (Å²) in [6, 6.07) is 7.18. The first kappa shape index (κ1) is 13.3. The molecule has 0 atom stereocenters. The number of halogens is 4. The van der Waals surface area contributed by atoms with Gasteiger partial charge >= 0.3 is 6.98 Å². The average Bonchev–Trinajstić information content (AvgIpc) is 2.19. The maximum Gasteiger partial charge on any atom is 0.507 e. The number of hydrogen-bond donors (Lipinski definition) is 0. The number of ether oxygens (including phenoxy) is 1. The molecule has 6 heteroatoms. The van der Waals surface area contributed by atoms with E-state index in [9.17, 15) is 12.9 Å². The smallest absolute Gasteiger partial charge is 0.445 e. The third-order valence-corrected chi connectivity index (χ3v) is 2.46. The lowest BCUT2D eigenvalue weighted by molar-refractivity contribution is 0.143. The molecule has 0 saturated carbocycles. The zero-order chi connectivity index (χ0) is 12.2. The summed E-state index contributed by atoms with van der Waals surface area (Å²) in [6.45, 7) is -2.37. The molecule has 1 aromatic rings. The van der Waals surface area contributed by atoms with Gasteiger partial charge < -0.3 is 17.7 Å². The fourth-order valence-corrected chi connectivity index (χ4v) is 1.24. The summed E-state index contributed by atoms with van der Waals surface area (Å²) in [4.78, 5) is 0. The van der Waals surface area contributed by atoms with Crippen molar-refractivity contribution in [2.45, 2.75) is 6.61 Å². The highest BCUT2D eigenvalue weighted by atomic mass is 79.9. The minimum atomic E-state index is -4.99. The topological polar surface area (TPSA) is 9.23 Å². The maximum atomic E-state index is 12.1. The van der Waals surface area contributed by atoms with Crippen molar-refractivity contribution in [2.24, 2.45) is 0 Å². The fraction of sp³-hybridized carbons (Fsp3) is 0.200. The van der Waals surface area contributed by atoms with Crippen molar-refractivity contribution in [1.29, 1.82) is 0 Å². The highest BCUT2D eigenvalue weighted by Crippen LogP contribution is 2.18. The molecule has 16 heavy (non-hydrogen) atoms. The molecular weight excluding hydrogens is 284 g/mol. The second-order valence-electron chi connectivity index (χ2n) is 3.35. The van der Waals surface area contributed by atoms with Crippen molar-refractivity contribution in [3.8, 4) is 0 Å². The van der Waals surface area contributed by atoms with Crippen LogP contribution in [0.2, 0.25) is 0 Å². The molecule has 0 aliphatic heterocycles. The van der Waals surface area contributed by atoms with Crippen LogP contribution in [0.1, 0.15) is 5.56 Å². The van der Waals surface area contributed by atoms with Crippen molar-refractivity contribution in [1.82, 2.24) is 0 Å². The van der Waals surface area contributed by atoms with Crippen LogP contribution in [-0.2, 0) is 11.3 Å². The molecule has 1 rings (SSSR count). The van der Waals surface area contributed by atoms with Gasteiger partial charge in [0.1, 0.15) is 0 Å². The first-order chi connectivity index (χ1) is 7.39. The van der Waals surface area contributed by atoms with Crippen molar-refractivity contribution < 1.29 is 17.7 Å². The average molecular weight is 294 g/mol. The Labute approximate surface area is 100 Å². The van der Waals surface area contributed by atoms with E-state index >= 15 is 0 Å². The summed E-state index contributed by atoms with van der Waals surface area (Å²) < 4.78 is 42.2. The van der Waals surface area contributed by atoms with Gasteiger partial charge in [-0.3, -0.25) is 0 Å². The van der Waals surface area contributed by atoms with E-state index < -0.39 is 19.1 Å². The van der Waals surface area contributed by atoms with Crippen molar-refractivity contribution in [3.63, 3.8) is 0 Å². The van der Waals surface area contributed by atoms with Crippen LogP contribution in [0.3, 0.4) is 0 Å². The molecule has 0 N–H and O–H groups in total. The Morgan fingerprint density at radius 2 is 1.81 bits per heavy atom. The largest absolute Gasteiger partial charge is 0.507 e. The van der Waals surface area contributed by atoms with Crippen LogP contribution in [0.4, 0.5) is 12.9 Å². The van der Waals surface area contributed by atoms with Gasteiger partial charge in [-0.05, 0) is 17.7 Å². The van der Waals surface area contributed by atoms with Gasteiger partial charge in [0.05, 0.1) is 6.61 Å². The number of rotatable bonds is 5. The van der Waals surface area contributed by atoms with E-state index in [4.69, 9.17) is 4.74 Å². The Morgan fingerprint density at radius 1 is 1.25 bits per heavy atom. The molecule has 0 amide bonds. The maximum absolute atomic E-state index is 12.1. The Balaban J connectivity index is 2.36. The third kappa shape index (κ3) is 4.41. The lowest BCUT2D eigenvalue weighted by Crippen LogP contribution is -2.22. The van der Waals surface area contributed by atoms with Gasteiger partial charge in [-0.15, -0.1) is 12.1 Å². The summed E-state index contributed by atoms with van der Waals surface area (Å²) in [5, 5.41) is 0. The van der Waals surface area contributed by atoms with Crippen molar-refractivity contribution in [2.75, 3.05) is 6.61 Å². The Hall–Kier alpha value is -0.745. The van der Waals surface area contributed by atoms with Crippen LogP contribution in [-0.4, -0.2) is 13.6 Å². The quantitative estimate of drug-likeness (QED) is 0.748. The van der Waals surface area contributed by atoms with Gasteiger partial charge in [0.25, 0.3) is 0 Å². The molecule has 0 aromatic heterocycles. The van der Waals surface area contributed by atoms with E-state index in [2.05, 4.69) is 22.5 Å². The predicted molar refractivity (Wildman–Crippen MR) is 62.0 cm³/mol. The lowest BCUT2D eigenvalue weighted by Gasteiger charge is -2.17. The monoisotopic (exact) mass is 293 g/mol. The lowest BCUT2D eigenvalue weighted by atomic mass is 9.81. The van der Waals surface area contributed by atoms with Crippen LogP contribution < -0.4 is 0 Å². The molecule has 0 spiro atoms. The first-order valence-corrected chi connectivity index (χ1v) is 5.38. The van der Waals surface area contributed by atoms with E-state index in [1.54, 1.807) is 24.3 Å². The summed E-state index contributed by atoms with van der Waals surface area (Å²) in [7, 11) is 0. The van der Waals surface area contributed by atoms with E-state index in [1.807, 2.05) is 0 Å². The number of hydrogen-bond acceptors (Lipinski definition) is 1. The minimum absolute atomic E-state index is 0.151. The van der Waals surface area contributed by atoms with Crippen LogP contribution in [0, 0.1) is 0 Å². The summed E-state index contributed by atoms with van der Waals surface area (Å²) in [6.07, 6.45) is 0. The van der Waals surface area contributed by atoms with Gasteiger partial charge in [-0.1, -0.05) is 28.1 Å². The van der Waals surface area contributed by atoms with Gasteiger partial charge in [0, 0.05) is 11.1 Å². The fourth-order valence-electron chi connectivity index (χ4n) is 0.975. The normalized spacial score (nSPS) is 11.5. The van der Waals surface area contributed by atoms with Crippen LogP contribution in [0.15, 0.2) is 40.8 Å². The van der Waals surface area contributed by atoms with Crippen molar-refractivity contribution in [3.05, 3.63) is 46.4 Å². The summed E-state index contributed by atoms with van der Waals surface area (Å²) >= 11 is 3.26. The molecule has 0 unspecified atom stereocenters. The third-order valence-electron chi connectivity index (χ3n) is 1.93. The molecule has 0 heterocycles. The van der Waals surface area contributed by atoms with Crippen LogP contribution >= 0.6 is 15.9 Å². The second kappa shape index (κ2) is 5.54. The van der Waals surface area contributed by atoms with E-state index in [1.165, 1.54) is 0 Å².